The summed E-state index contributed by atoms with van der Waals surface area (Å²) in [5, 5.41) is 0. The van der Waals surface area contributed by atoms with Gasteiger partial charge in [0.1, 0.15) is 0 Å². The molecule has 0 bridgehead atoms. The Morgan fingerprint density at radius 1 is 0.500 bits per heavy atom. The maximum absolute atomic E-state index is 13.1. The first-order chi connectivity index (χ1) is 14.2. The van der Waals surface area contributed by atoms with Crippen LogP contribution < -0.4 is 11.5 Å². The van der Waals surface area contributed by atoms with Gasteiger partial charge in [0.25, 0.3) is 0 Å². The Hall–Kier alpha value is -3.13. The maximum Gasteiger partial charge on any atom is 0.418 e. The van der Waals surface area contributed by atoms with Crippen LogP contribution in [-0.2, 0) is 24.7 Å². The standard InChI is InChI=1S/C17H8F12N2O/c18-14(19,20)7-1-5(2-8(11(7)30)15(21,22)23)13(32)6-3-9(16(24,25)26)12(31)10(4-6)17(27,28)29/h1-4H,30-31H2. The zero-order valence-electron chi connectivity index (χ0n) is 14.9. The molecule has 0 saturated heterocycles. The number of benzene rings is 2. The second kappa shape index (κ2) is 7.48. The summed E-state index contributed by atoms with van der Waals surface area (Å²) in [4.78, 5) is 12.4. The van der Waals surface area contributed by atoms with Crippen molar-refractivity contribution >= 4 is 17.2 Å². The maximum atomic E-state index is 13.1. The third-order valence-corrected chi connectivity index (χ3v) is 4.11. The molecule has 3 nitrogen and oxygen atoms in total. The van der Waals surface area contributed by atoms with Crippen molar-refractivity contribution in [2.45, 2.75) is 24.7 Å². The Morgan fingerprint density at radius 3 is 0.844 bits per heavy atom. The number of anilines is 2. The smallest absolute Gasteiger partial charge is 0.398 e. The van der Waals surface area contributed by atoms with Gasteiger partial charge in [-0.25, -0.2) is 0 Å². The molecule has 0 atom stereocenters. The fraction of sp³-hybridized carbons (Fsp3) is 0.235. The molecule has 2 aromatic carbocycles. The minimum atomic E-state index is -5.53. The molecule has 0 saturated carbocycles. The van der Waals surface area contributed by atoms with Gasteiger partial charge in [-0.15, -0.1) is 0 Å². The van der Waals surface area contributed by atoms with Crippen LogP contribution in [0.3, 0.4) is 0 Å². The van der Waals surface area contributed by atoms with Gasteiger partial charge in [-0.05, 0) is 24.3 Å². The number of carbonyl (C=O) groups is 1. The van der Waals surface area contributed by atoms with E-state index in [1.807, 2.05) is 0 Å². The predicted octanol–water partition coefficient (Wildman–Crippen LogP) is 6.16. The lowest BCUT2D eigenvalue weighted by Gasteiger charge is -2.19. The van der Waals surface area contributed by atoms with Crippen molar-refractivity contribution in [2.75, 3.05) is 11.5 Å². The van der Waals surface area contributed by atoms with Crippen molar-refractivity contribution in [3.05, 3.63) is 57.6 Å². The monoisotopic (exact) mass is 484 g/mol. The average molecular weight is 484 g/mol. The molecule has 0 heterocycles. The minimum absolute atomic E-state index is 0.205. The van der Waals surface area contributed by atoms with E-state index < -0.39 is 75.2 Å². The number of nitrogen functional groups attached to an aromatic ring is 2. The van der Waals surface area contributed by atoms with E-state index in [-0.39, 0.29) is 24.3 Å². The number of hydrogen-bond donors (Lipinski definition) is 2. The average Bonchev–Trinajstić information content (AvgIpc) is 2.57. The molecule has 176 valence electrons. The van der Waals surface area contributed by atoms with E-state index in [1.54, 1.807) is 0 Å². The van der Waals surface area contributed by atoms with E-state index in [9.17, 15) is 57.5 Å². The van der Waals surface area contributed by atoms with E-state index in [2.05, 4.69) is 0 Å². The molecule has 0 aliphatic rings. The Kier molecular flexibility index (Phi) is 5.87. The molecule has 15 heteroatoms. The van der Waals surface area contributed by atoms with Crippen LogP contribution in [0.5, 0.6) is 0 Å². The van der Waals surface area contributed by atoms with Gasteiger partial charge in [0.15, 0.2) is 5.78 Å². The van der Waals surface area contributed by atoms with Gasteiger partial charge in [-0.2, -0.15) is 52.7 Å². The van der Waals surface area contributed by atoms with Crippen LogP contribution in [0.25, 0.3) is 0 Å². The number of hydrogen-bond acceptors (Lipinski definition) is 3. The Bertz CT molecular complexity index is 908. The van der Waals surface area contributed by atoms with Crippen LogP contribution >= 0.6 is 0 Å². The van der Waals surface area contributed by atoms with Gasteiger partial charge in [-0.1, -0.05) is 0 Å². The van der Waals surface area contributed by atoms with Crippen LogP contribution in [0.2, 0.25) is 0 Å². The van der Waals surface area contributed by atoms with Crippen molar-refractivity contribution in [1.82, 2.24) is 0 Å². The molecule has 2 aromatic rings. The molecule has 0 fully saturated rings. The van der Waals surface area contributed by atoms with E-state index in [1.165, 1.54) is 0 Å². The summed E-state index contributed by atoms with van der Waals surface area (Å²) in [6.07, 6.45) is -22.1. The Labute approximate surface area is 169 Å². The summed E-state index contributed by atoms with van der Waals surface area (Å²) in [5.74, 6) is -1.99. The van der Waals surface area contributed by atoms with Crippen molar-refractivity contribution < 1.29 is 57.5 Å². The largest absolute Gasteiger partial charge is 0.418 e. The number of nitrogens with two attached hydrogens (primary N) is 2. The molecule has 0 unspecified atom stereocenters. The van der Waals surface area contributed by atoms with Gasteiger partial charge in [0.05, 0.1) is 33.6 Å². The van der Waals surface area contributed by atoms with E-state index in [0.717, 1.165) is 0 Å². The first-order valence-corrected chi connectivity index (χ1v) is 7.86. The van der Waals surface area contributed by atoms with Crippen molar-refractivity contribution in [3.8, 4) is 0 Å². The van der Waals surface area contributed by atoms with Gasteiger partial charge >= 0.3 is 24.7 Å². The lowest BCUT2D eigenvalue weighted by molar-refractivity contribution is -0.143. The summed E-state index contributed by atoms with van der Waals surface area (Å²) >= 11 is 0. The number of carbonyl (C=O) groups excluding carboxylic acids is 1. The molecule has 0 amide bonds. The zero-order chi connectivity index (χ0) is 25.0. The molecule has 2 rings (SSSR count). The van der Waals surface area contributed by atoms with Gasteiger partial charge in [0.2, 0.25) is 0 Å². The predicted molar refractivity (Wildman–Crippen MR) is 85.1 cm³/mol. The molecule has 0 aromatic heterocycles. The Morgan fingerprint density at radius 2 is 0.688 bits per heavy atom. The first-order valence-electron chi connectivity index (χ1n) is 7.86. The lowest BCUT2D eigenvalue weighted by Crippen LogP contribution is -2.20. The van der Waals surface area contributed by atoms with Crippen molar-refractivity contribution in [2.24, 2.45) is 0 Å². The summed E-state index contributed by atoms with van der Waals surface area (Å²) in [6, 6.07) is -0.818. The van der Waals surface area contributed by atoms with Gasteiger partial charge < -0.3 is 11.5 Å². The van der Waals surface area contributed by atoms with Crippen LogP contribution in [0, 0.1) is 0 Å². The number of halogens is 12. The fourth-order valence-electron chi connectivity index (χ4n) is 2.67. The highest BCUT2D eigenvalue weighted by atomic mass is 19.4. The van der Waals surface area contributed by atoms with E-state index in [0.29, 0.717) is 0 Å². The van der Waals surface area contributed by atoms with Crippen LogP contribution in [0.1, 0.15) is 38.2 Å². The third-order valence-electron chi connectivity index (χ3n) is 4.11. The summed E-state index contributed by atoms with van der Waals surface area (Å²) < 4.78 is 157. The van der Waals surface area contributed by atoms with Crippen molar-refractivity contribution in [3.63, 3.8) is 0 Å². The first kappa shape index (κ1) is 25.1. The van der Waals surface area contributed by atoms with Gasteiger partial charge in [-0.3, -0.25) is 4.79 Å². The fourth-order valence-corrected chi connectivity index (χ4v) is 2.67. The molecule has 0 spiro atoms. The van der Waals surface area contributed by atoms with Crippen molar-refractivity contribution in [1.29, 1.82) is 0 Å². The quantitative estimate of drug-likeness (QED) is 0.305. The molecular weight excluding hydrogens is 476 g/mol. The second-order valence-electron chi connectivity index (χ2n) is 6.29. The summed E-state index contributed by atoms with van der Waals surface area (Å²) in [7, 11) is 0. The highest BCUT2D eigenvalue weighted by Crippen LogP contribution is 2.44. The van der Waals surface area contributed by atoms with E-state index in [4.69, 9.17) is 11.5 Å². The third kappa shape index (κ3) is 4.85. The van der Waals surface area contributed by atoms with Crippen LogP contribution in [0.15, 0.2) is 24.3 Å². The second-order valence-corrected chi connectivity index (χ2v) is 6.29. The lowest BCUT2D eigenvalue weighted by atomic mass is 9.93. The zero-order valence-corrected chi connectivity index (χ0v) is 14.9. The highest BCUT2D eigenvalue weighted by molar-refractivity contribution is 6.10. The van der Waals surface area contributed by atoms with Gasteiger partial charge in [0, 0.05) is 11.1 Å². The molecular formula is C17H8F12N2O. The number of alkyl halides is 12. The minimum Gasteiger partial charge on any atom is -0.398 e. The SMILES string of the molecule is Nc1c(C(F)(F)F)cc(C(=O)c2cc(C(F)(F)F)c(N)c(C(F)(F)F)c2)cc1C(F)(F)F. The van der Waals surface area contributed by atoms with E-state index >= 15 is 0 Å². The normalized spacial score (nSPS) is 13.4. The van der Waals surface area contributed by atoms with Crippen LogP contribution in [-0.4, -0.2) is 5.78 Å². The summed E-state index contributed by atoms with van der Waals surface area (Å²) in [6.45, 7) is 0. The topological polar surface area (TPSA) is 69.1 Å². The molecule has 0 aliphatic carbocycles. The van der Waals surface area contributed by atoms with Crippen LogP contribution in [0.4, 0.5) is 64.1 Å². The molecule has 0 radical (unpaired) electrons. The molecule has 32 heavy (non-hydrogen) atoms. The molecule has 4 N–H and O–H groups in total. The number of ketones is 1. The Balaban J connectivity index is 2.86. The number of rotatable bonds is 2. The summed E-state index contributed by atoms with van der Waals surface area (Å²) in [5.41, 5.74) is -5.50. The molecule has 0 aliphatic heterocycles. The highest BCUT2D eigenvalue weighted by Gasteiger charge is 2.43.